The van der Waals surface area contributed by atoms with Crippen molar-refractivity contribution in [1.82, 2.24) is 0 Å². The number of nitrogens with two attached hydrogens (primary N) is 1. The van der Waals surface area contributed by atoms with E-state index in [-0.39, 0.29) is 0 Å². The van der Waals surface area contributed by atoms with Crippen LogP contribution in [0.1, 0.15) is 11.1 Å². The van der Waals surface area contributed by atoms with Crippen molar-refractivity contribution in [2.75, 3.05) is 20.3 Å². The smallest absolute Gasteiger partial charge is 0.161 e. The van der Waals surface area contributed by atoms with E-state index in [4.69, 9.17) is 19.9 Å². The zero-order valence-corrected chi connectivity index (χ0v) is 12.5. The summed E-state index contributed by atoms with van der Waals surface area (Å²) in [5, 5.41) is 0. The van der Waals surface area contributed by atoms with Gasteiger partial charge in [0.05, 0.1) is 7.11 Å². The van der Waals surface area contributed by atoms with Crippen LogP contribution in [-0.4, -0.2) is 20.3 Å². The summed E-state index contributed by atoms with van der Waals surface area (Å²) < 4.78 is 16.7. The molecule has 0 aromatic heterocycles. The summed E-state index contributed by atoms with van der Waals surface area (Å²) in [4.78, 5) is 0. The van der Waals surface area contributed by atoms with E-state index in [9.17, 15) is 0 Å². The molecule has 0 unspecified atom stereocenters. The van der Waals surface area contributed by atoms with Gasteiger partial charge in [0.2, 0.25) is 0 Å². The summed E-state index contributed by atoms with van der Waals surface area (Å²) in [7, 11) is 1.63. The lowest BCUT2D eigenvalue weighted by Gasteiger charge is -2.13. The predicted octanol–water partition coefficient (Wildman–Crippen LogP) is 2.92. The first kappa shape index (κ1) is 15.2. The Morgan fingerprint density at radius 3 is 2.24 bits per heavy atom. The SMILES string of the molecule is COc1ccccc1OCCOc1cc(CN)ccc1C. The van der Waals surface area contributed by atoms with Crippen LogP contribution in [0.5, 0.6) is 17.2 Å². The van der Waals surface area contributed by atoms with E-state index in [2.05, 4.69) is 0 Å². The monoisotopic (exact) mass is 287 g/mol. The maximum Gasteiger partial charge on any atom is 0.161 e. The molecule has 2 N–H and O–H groups in total. The van der Waals surface area contributed by atoms with E-state index < -0.39 is 0 Å². The molecule has 0 radical (unpaired) electrons. The van der Waals surface area contributed by atoms with Crippen LogP contribution >= 0.6 is 0 Å². The fourth-order valence-corrected chi connectivity index (χ4v) is 1.97. The first-order valence-corrected chi connectivity index (χ1v) is 6.93. The quantitative estimate of drug-likeness (QED) is 0.796. The van der Waals surface area contributed by atoms with Crippen LogP contribution in [0.15, 0.2) is 42.5 Å². The molecule has 4 heteroatoms. The Morgan fingerprint density at radius 2 is 1.57 bits per heavy atom. The van der Waals surface area contributed by atoms with Gasteiger partial charge in [-0.25, -0.2) is 0 Å². The second-order valence-corrected chi connectivity index (χ2v) is 4.65. The van der Waals surface area contributed by atoms with Crippen LogP contribution in [0.4, 0.5) is 0 Å². The molecule has 0 aliphatic heterocycles. The van der Waals surface area contributed by atoms with Crippen molar-refractivity contribution >= 4 is 0 Å². The minimum absolute atomic E-state index is 0.451. The van der Waals surface area contributed by atoms with Crippen molar-refractivity contribution in [3.8, 4) is 17.2 Å². The van der Waals surface area contributed by atoms with Crippen LogP contribution in [0.3, 0.4) is 0 Å². The number of para-hydroxylation sites is 2. The second-order valence-electron chi connectivity index (χ2n) is 4.65. The van der Waals surface area contributed by atoms with E-state index in [1.54, 1.807) is 7.11 Å². The Balaban J connectivity index is 1.87. The molecule has 0 aliphatic carbocycles. The number of aryl methyl sites for hydroxylation is 1. The van der Waals surface area contributed by atoms with E-state index >= 15 is 0 Å². The van der Waals surface area contributed by atoms with Crippen LogP contribution in [-0.2, 0) is 6.54 Å². The standard InChI is InChI=1S/C17H21NO3/c1-13-7-8-14(12-18)11-17(13)21-10-9-20-16-6-4-3-5-15(16)19-2/h3-8,11H,9-10,12,18H2,1-2H3. The molecule has 0 aliphatic rings. The Morgan fingerprint density at radius 1 is 0.905 bits per heavy atom. The molecular formula is C17H21NO3. The highest BCUT2D eigenvalue weighted by atomic mass is 16.5. The first-order chi connectivity index (χ1) is 10.2. The average molecular weight is 287 g/mol. The lowest BCUT2D eigenvalue weighted by molar-refractivity contribution is 0.210. The van der Waals surface area contributed by atoms with E-state index in [1.807, 2.05) is 49.4 Å². The Kier molecular flexibility index (Phi) is 5.46. The molecule has 2 rings (SSSR count). The van der Waals surface area contributed by atoms with Crippen molar-refractivity contribution in [3.05, 3.63) is 53.6 Å². The lowest BCUT2D eigenvalue weighted by Crippen LogP contribution is -2.10. The summed E-state index contributed by atoms with van der Waals surface area (Å²) in [6.07, 6.45) is 0. The minimum Gasteiger partial charge on any atom is -0.493 e. The predicted molar refractivity (Wildman–Crippen MR) is 83.1 cm³/mol. The molecule has 0 fully saturated rings. The zero-order valence-electron chi connectivity index (χ0n) is 12.5. The van der Waals surface area contributed by atoms with Crippen molar-refractivity contribution in [2.45, 2.75) is 13.5 Å². The van der Waals surface area contributed by atoms with Crippen molar-refractivity contribution in [1.29, 1.82) is 0 Å². The molecule has 0 bridgehead atoms. The largest absolute Gasteiger partial charge is 0.493 e. The van der Waals surface area contributed by atoms with Crippen LogP contribution in [0, 0.1) is 6.92 Å². The fraction of sp³-hybridized carbons (Fsp3) is 0.294. The molecule has 0 spiro atoms. The topological polar surface area (TPSA) is 53.7 Å². The van der Waals surface area contributed by atoms with Crippen molar-refractivity contribution in [2.24, 2.45) is 5.73 Å². The van der Waals surface area contributed by atoms with Gasteiger partial charge in [-0.1, -0.05) is 24.3 Å². The molecule has 0 amide bonds. The highest BCUT2D eigenvalue weighted by Crippen LogP contribution is 2.25. The van der Waals surface area contributed by atoms with Gasteiger partial charge in [-0.2, -0.15) is 0 Å². The average Bonchev–Trinajstić information content (AvgIpc) is 2.53. The number of rotatable bonds is 7. The lowest BCUT2D eigenvalue weighted by atomic mass is 10.1. The maximum atomic E-state index is 5.75. The summed E-state index contributed by atoms with van der Waals surface area (Å²) in [5.41, 5.74) is 7.78. The summed E-state index contributed by atoms with van der Waals surface area (Å²) in [6, 6.07) is 13.5. The third kappa shape index (κ3) is 4.13. The summed E-state index contributed by atoms with van der Waals surface area (Å²) >= 11 is 0. The van der Waals surface area contributed by atoms with Gasteiger partial charge < -0.3 is 19.9 Å². The first-order valence-electron chi connectivity index (χ1n) is 6.93. The molecule has 0 atom stereocenters. The van der Waals surface area contributed by atoms with Crippen LogP contribution in [0.25, 0.3) is 0 Å². The number of hydrogen-bond acceptors (Lipinski definition) is 4. The molecular weight excluding hydrogens is 266 g/mol. The van der Waals surface area contributed by atoms with E-state index in [0.717, 1.165) is 28.4 Å². The van der Waals surface area contributed by atoms with Crippen LogP contribution < -0.4 is 19.9 Å². The maximum absolute atomic E-state index is 5.75. The number of benzene rings is 2. The van der Waals surface area contributed by atoms with Gasteiger partial charge in [0.25, 0.3) is 0 Å². The molecule has 0 heterocycles. The normalized spacial score (nSPS) is 10.2. The third-order valence-electron chi connectivity index (χ3n) is 3.16. The molecule has 2 aromatic rings. The van der Waals surface area contributed by atoms with Crippen molar-refractivity contribution in [3.63, 3.8) is 0 Å². The number of ether oxygens (including phenoxy) is 3. The molecule has 2 aromatic carbocycles. The van der Waals surface area contributed by atoms with Gasteiger partial charge >= 0.3 is 0 Å². The van der Waals surface area contributed by atoms with Gasteiger partial charge in [-0.3, -0.25) is 0 Å². The number of methoxy groups -OCH3 is 1. The molecule has 21 heavy (non-hydrogen) atoms. The van der Waals surface area contributed by atoms with Gasteiger partial charge in [0, 0.05) is 6.54 Å². The van der Waals surface area contributed by atoms with Crippen LogP contribution in [0.2, 0.25) is 0 Å². The molecule has 0 saturated carbocycles. The summed E-state index contributed by atoms with van der Waals surface area (Å²) in [6.45, 7) is 3.44. The second kappa shape index (κ2) is 7.55. The molecule has 4 nitrogen and oxygen atoms in total. The van der Waals surface area contributed by atoms with Gasteiger partial charge in [-0.05, 0) is 36.2 Å². The fourth-order valence-electron chi connectivity index (χ4n) is 1.97. The third-order valence-corrected chi connectivity index (χ3v) is 3.16. The van der Waals surface area contributed by atoms with E-state index in [1.165, 1.54) is 0 Å². The minimum atomic E-state index is 0.451. The Hall–Kier alpha value is -2.20. The number of hydrogen-bond donors (Lipinski definition) is 1. The highest BCUT2D eigenvalue weighted by molar-refractivity contribution is 5.39. The highest BCUT2D eigenvalue weighted by Gasteiger charge is 2.04. The van der Waals surface area contributed by atoms with Gasteiger partial charge in [-0.15, -0.1) is 0 Å². The van der Waals surface area contributed by atoms with Gasteiger partial charge in [0.15, 0.2) is 11.5 Å². The zero-order chi connectivity index (χ0) is 15.1. The molecule has 0 saturated heterocycles. The van der Waals surface area contributed by atoms with Gasteiger partial charge in [0.1, 0.15) is 19.0 Å². The summed E-state index contributed by atoms with van der Waals surface area (Å²) in [5.74, 6) is 2.29. The molecule has 112 valence electrons. The Bertz CT molecular complexity index is 584. The van der Waals surface area contributed by atoms with E-state index in [0.29, 0.717) is 19.8 Å². The Labute approximate surface area is 125 Å². The van der Waals surface area contributed by atoms with Crippen molar-refractivity contribution < 1.29 is 14.2 Å².